The molecule has 1 fully saturated rings. The number of piperazine rings is 1. The third-order valence-corrected chi connectivity index (χ3v) is 5.39. The van der Waals surface area contributed by atoms with E-state index in [9.17, 15) is 4.79 Å². The van der Waals surface area contributed by atoms with E-state index in [1.54, 1.807) is 6.20 Å². The Morgan fingerprint density at radius 1 is 1.30 bits per heavy atom. The molecular weight excluding hydrogens is 308 g/mol. The Bertz CT molecular complexity index is 555. The van der Waals surface area contributed by atoms with Gasteiger partial charge < -0.3 is 9.80 Å². The topological polar surface area (TPSA) is 48.8 Å². The van der Waals surface area contributed by atoms with Gasteiger partial charge in [0.1, 0.15) is 0 Å². The van der Waals surface area contributed by atoms with Crippen LogP contribution in [-0.4, -0.2) is 63.8 Å². The van der Waals surface area contributed by atoms with Crippen LogP contribution in [0.5, 0.6) is 0 Å². The van der Waals surface area contributed by atoms with Gasteiger partial charge in [-0.05, 0) is 25.0 Å². The first-order valence-corrected chi connectivity index (χ1v) is 9.24. The highest BCUT2D eigenvalue weighted by Gasteiger charge is 2.26. The molecule has 3 rings (SSSR count). The fourth-order valence-electron chi connectivity index (χ4n) is 2.91. The second-order valence-electron chi connectivity index (χ2n) is 6.09. The molecule has 6 heteroatoms. The fourth-order valence-corrected chi connectivity index (χ4v) is 3.90. The average Bonchev–Trinajstić information content (AvgIpc) is 3.02. The van der Waals surface area contributed by atoms with E-state index >= 15 is 0 Å². The van der Waals surface area contributed by atoms with Gasteiger partial charge in [0.2, 0.25) is 5.91 Å². The molecule has 0 aliphatic carbocycles. The predicted octanol–water partition coefficient (Wildman–Crippen LogP) is 2.04. The number of amides is 1. The van der Waals surface area contributed by atoms with Crippen molar-refractivity contribution in [3.63, 3.8) is 0 Å². The van der Waals surface area contributed by atoms with Crippen LogP contribution in [0.3, 0.4) is 0 Å². The molecule has 1 atom stereocenters. The van der Waals surface area contributed by atoms with Gasteiger partial charge in [0.15, 0.2) is 5.17 Å². The van der Waals surface area contributed by atoms with E-state index < -0.39 is 0 Å². The standard InChI is InChI=1S/C17H24N4OS/c1-14-13-19-17(23-14)21-11-9-20(10-12-21)16(22)7-4-6-15-5-2-3-8-18-15/h2-3,5,8,14H,4,6-7,9-13H2,1H3/t14-/m1/s1. The third kappa shape index (κ3) is 4.47. The van der Waals surface area contributed by atoms with E-state index in [1.165, 1.54) is 5.17 Å². The van der Waals surface area contributed by atoms with Crippen LogP contribution >= 0.6 is 11.8 Å². The molecule has 124 valence electrons. The minimum atomic E-state index is 0.273. The lowest BCUT2D eigenvalue weighted by Gasteiger charge is -2.35. The van der Waals surface area contributed by atoms with Crippen LogP contribution in [0.15, 0.2) is 29.4 Å². The summed E-state index contributed by atoms with van der Waals surface area (Å²) in [5.41, 5.74) is 1.07. The van der Waals surface area contributed by atoms with Gasteiger partial charge in [-0.1, -0.05) is 24.8 Å². The third-order valence-electron chi connectivity index (χ3n) is 4.24. The smallest absolute Gasteiger partial charge is 0.222 e. The number of rotatable bonds is 4. The van der Waals surface area contributed by atoms with Gasteiger partial charge in [0, 0.05) is 49.7 Å². The van der Waals surface area contributed by atoms with Crippen LogP contribution in [0.4, 0.5) is 0 Å². The largest absolute Gasteiger partial charge is 0.348 e. The summed E-state index contributed by atoms with van der Waals surface area (Å²) in [5.74, 6) is 0.273. The van der Waals surface area contributed by atoms with Crippen molar-refractivity contribution in [3.8, 4) is 0 Å². The fraction of sp³-hybridized carbons (Fsp3) is 0.588. The van der Waals surface area contributed by atoms with E-state index in [0.29, 0.717) is 11.7 Å². The number of aromatic nitrogens is 1. The normalized spacial score (nSPS) is 21.4. The Labute approximate surface area is 142 Å². The lowest BCUT2D eigenvalue weighted by atomic mass is 10.1. The van der Waals surface area contributed by atoms with E-state index in [1.807, 2.05) is 34.9 Å². The minimum Gasteiger partial charge on any atom is -0.348 e. The Balaban J connectivity index is 1.38. The number of carbonyl (C=O) groups excluding carboxylic acids is 1. The van der Waals surface area contributed by atoms with Crippen LogP contribution in [0, 0.1) is 0 Å². The number of aliphatic imine (C=N–C) groups is 1. The lowest BCUT2D eigenvalue weighted by molar-refractivity contribution is -0.132. The molecule has 2 aliphatic heterocycles. The van der Waals surface area contributed by atoms with Crippen molar-refractivity contribution in [3.05, 3.63) is 30.1 Å². The predicted molar refractivity (Wildman–Crippen MR) is 94.7 cm³/mol. The molecule has 0 radical (unpaired) electrons. The highest BCUT2D eigenvalue weighted by atomic mass is 32.2. The molecule has 2 aliphatic rings. The van der Waals surface area contributed by atoms with Crippen LogP contribution in [0.25, 0.3) is 0 Å². The first kappa shape index (κ1) is 16.3. The molecule has 23 heavy (non-hydrogen) atoms. The summed E-state index contributed by atoms with van der Waals surface area (Å²) in [6.45, 7) is 6.58. The Morgan fingerprint density at radius 2 is 2.13 bits per heavy atom. The van der Waals surface area contributed by atoms with Crippen molar-refractivity contribution < 1.29 is 4.79 Å². The van der Waals surface area contributed by atoms with Crippen LogP contribution in [0.1, 0.15) is 25.5 Å². The summed E-state index contributed by atoms with van der Waals surface area (Å²) < 4.78 is 0. The summed E-state index contributed by atoms with van der Waals surface area (Å²) in [7, 11) is 0. The molecule has 1 aromatic heterocycles. The molecule has 0 bridgehead atoms. The number of pyridine rings is 1. The summed E-state index contributed by atoms with van der Waals surface area (Å²) >= 11 is 1.86. The molecular formula is C17H24N4OS. The van der Waals surface area contributed by atoms with Crippen molar-refractivity contribution in [2.24, 2.45) is 4.99 Å². The van der Waals surface area contributed by atoms with Gasteiger partial charge in [-0.2, -0.15) is 0 Å². The molecule has 5 nitrogen and oxygen atoms in total. The van der Waals surface area contributed by atoms with Gasteiger partial charge >= 0.3 is 0 Å². The Hall–Kier alpha value is -1.56. The SMILES string of the molecule is C[C@@H]1CN=C(N2CCN(C(=O)CCCc3ccccn3)CC2)S1. The molecule has 0 N–H and O–H groups in total. The number of amidine groups is 1. The lowest BCUT2D eigenvalue weighted by Crippen LogP contribution is -2.49. The van der Waals surface area contributed by atoms with Gasteiger partial charge in [0.25, 0.3) is 0 Å². The first-order chi connectivity index (χ1) is 11.2. The molecule has 1 saturated heterocycles. The Kier molecular flexibility index (Phi) is 5.54. The zero-order valence-corrected chi connectivity index (χ0v) is 14.5. The van der Waals surface area contributed by atoms with Crippen molar-refractivity contribution in [1.29, 1.82) is 0 Å². The highest BCUT2D eigenvalue weighted by molar-refractivity contribution is 8.14. The monoisotopic (exact) mass is 332 g/mol. The molecule has 0 saturated carbocycles. The van der Waals surface area contributed by atoms with Crippen molar-refractivity contribution >= 4 is 22.8 Å². The zero-order chi connectivity index (χ0) is 16.1. The first-order valence-electron chi connectivity index (χ1n) is 8.36. The quantitative estimate of drug-likeness (QED) is 0.847. The van der Waals surface area contributed by atoms with E-state index in [-0.39, 0.29) is 5.91 Å². The number of hydrogen-bond donors (Lipinski definition) is 0. The van der Waals surface area contributed by atoms with Gasteiger partial charge in [0.05, 0.1) is 6.54 Å². The van der Waals surface area contributed by atoms with Gasteiger partial charge in [-0.3, -0.25) is 14.8 Å². The molecule has 0 aromatic carbocycles. The second-order valence-corrected chi connectivity index (χ2v) is 7.50. The highest BCUT2D eigenvalue weighted by Crippen LogP contribution is 2.23. The average molecular weight is 332 g/mol. The zero-order valence-electron chi connectivity index (χ0n) is 13.6. The van der Waals surface area contributed by atoms with E-state index in [4.69, 9.17) is 0 Å². The number of nitrogens with zero attached hydrogens (tertiary/aromatic N) is 4. The number of hydrogen-bond acceptors (Lipinski definition) is 5. The number of thioether (sulfide) groups is 1. The molecule has 3 heterocycles. The Morgan fingerprint density at radius 3 is 2.78 bits per heavy atom. The molecule has 0 unspecified atom stereocenters. The molecule has 1 aromatic rings. The van der Waals surface area contributed by atoms with E-state index in [2.05, 4.69) is 21.8 Å². The van der Waals surface area contributed by atoms with Gasteiger partial charge in [-0.15, -0.1) is 0 Å². The number of aryl methyl sites for hydroxylation is 1. The second kappa shape index (κ2) is 7.81. The summed E-state index contributed by atoms with van der Waals surface area (Å²) in [5, 5.41) is 1.76. The van der Waals surface area contributed by atoms with Crippen LogP contribution in [-0.2, 0) is 11.2 Å². The minimum absolute atomic E-state index is 0.273. The summed E-state index contributed by atoms with van der Waals surface area (Å²) in [6, 6.07) is 5.93. The van der Waals surface area contributed by atoms with Crippen molar-refractivity contribution in [1.82, 2.24) is 14.8 Å². The van der Waals surface area contributed by atoms with Crippen LogP contribution < -0.4 is 0 Å². The van der Waals surface area contributed by atoms with Gasteiger partial charge in [-0.25, -0.2) is 0 Å². The summed E-state index contributed by atoms with van der Waals surface area (Å²) in [6.07, 6.45) is 4.16. The van der Waals surface area contributed by atoms with E-state index in [0.717, 1.165) is 51.3 Å². The van der Waals surface area contributed by atoms with Crippen LogP contribution in [0.2, 0.25) is 0 Å². The molecule has 1 amide bonds. The van der Waals surface area contributed by atoms with Crippen molar-refractivity contribution in [2.45, 2.75) is 31.4 Å². The van der Waals surface area contributed by atoms with Crippen molar-refractivity contribution in [2.75, 3.05) is 32.7 Å². The number of carbonyl (C=O) groups is 1. The maximum atomic E-state index is 12.3. The maximum absolute atomic E-state index is 12.3. The molecule has 0 spiro atoms. The maximum Gasteiger partial charge on any atom is 0.222 e. The summed E-state index contributed by atoms with van der Waals surface area (Å²) in [4.78, 5) is 25.5.